The third-order valence-corrected chi connectivity index (χ3v) is 19.0. The monoisotopic (exact) mass is 730 g/mol. The summed E-state index contributed by atoms with van der Waals surface area (Å²) in [6, 6.07) is 0. The molecule has 10 rings (SSSR count). The van der Waals surface area contributed by atoms with Gasteiger partial charge in [0.2, 0.25) is 0 Å². The Morgan fingerprint density at radius 1 is 0.774 bits per heavy atom. The Balaban J connectivity index is 0.908. The first-order chi connectivity index (χ1) is 25.2. The van der Waals surface area contributed by atoms with E-state index in [1.807, 2.05) is 6.92 Å². The summed E-state index contributed by atoms with van der Waals surface area (Å²) in [6.45, 7) is 10.1. The predicted octanol–water partition coefficient (Wildman–Crippen LogP) is 7.59. The highest BCUT2D eigenvalue weighted by molar-refractivity contribution is 5.97. The van der Waals surface area contributed by atoms with Crippen molar-refractivity contribution in [3.8, 4) is 0 Å². The number of carbonyl (C=O) groups is 5. The Labute approximate surface area is 315 Å². The molecule has 0 spiro atoms. The van der Waals surface area contributed by atoms with Gasteiger partial charge in [0.1, 0.15) is 17.0 Å². The minimum Gasteiger partial charge on any atom is -0.459 e. The molecule has 8 bridgehead atoms. The second-order valence-electron chi connectivity index (χ2n) is 21.3. The lowest BCUT2D eigenvalue weighted by Gasteiger charge is -2.45. The minimum absolute atomic E-state index is 0.00339. The smallest absolute Gasteiger partial charge is 0.317 e. The quantitative estimate of drug-likeness (QED) is 0.0978. The number of ketones is 1. The van der Waals surface area contributed by atoms with Gasteiger partial charge in [-0.15, -0.1) is 0 Å². The number of cyclic esters (lactones) is 2. The van der Waals surface area contributed by atoms with Crippen molar-refractivity contribution in [3.63, 3.8) is 0 Å². The predicted molar refractivity (Wildman–Crippen MR) is 193 cm³/mol. The van der Waals surface area contributed by atoms with Crippen LogP contribution in [0.3, 0.4) is 0 Å². The molecular weight excluding hydrogens is 668 g/mol. The second kappa shape index (κ2) is 12.1. The van der Waals surface area contributed by atoms with E-state index in [9.17, 15) is 24.0 Å². The van der Waals surface area contributed by atoms with Gasteiger partial charge in [0.05, 0.1) is 23.7 Å². The van der Waals surface area contributed by atoms with Crippen molar-refractivity contribution >= 4 is 29.7 Å². The Bertz CT molecular complexity index is 1600. The topological polar surface area (TPSA) is 113 Å². The van der Waals surface area contributed by atoms with Crippen LogP contribution in [-0.4, -0.2) is 40.9 Å². The number of ether oxygens (including phenoxy) is 3. The molecule has 0 aromatic carbocycles. The van der Waals surface area contributed by atoms with E-state index in [-0.39, 0.29) is 48.5 Å². The molecule has 0 radical (unpaired) electrons. The molecule has 0 amide bonds. The third kappa shape index (κ3) is 5.13. The zero-order valence-corrected chi connectivity index (χ0v) is 32.6. The second-order valence-corrected chi connectivity index (χ2v) is 21.3. The van der Waals surface area contributed by atoms with Crippen LogP contribution in [-0.2, 0) is 38.2 Å². The number of rotatable bonds is 10. The highest BCUT2D eigenvalue weighted by atomic mass is 16.6. The molecule has 10 fully saturated rings. The van der Waals surface area contributed by atoms with Crippen LogP contribution in [0.25, 0.3) is 0 Å². The zero-order valence-electron chi connectivity index (χ0n) is 32.6. The molecular formula is C45H62O8. The number of carbonyl (C=O) groups excluding carboxylic acids is 5. The number of esters is 4. The van der Waals surface area contributed by atoms with Gasteiger partial charge < -0.3 is 14.2 Å². The summed E-state index contributed by atoms with van der Waals surface area (Å²) in [5, 5.41) is 0. The first-order valence-corrected chi connectivity index (χ1v) is 22.0. The largest absolute Gasteiger partial charge is 0.459 e. The maximum Gasteiger partial charge on any atom is 0.317 e. The van der Waals surface area contributed by atoms with Crippen LogP contribution in [0.2, 0.25) is 0 Å². The fourth-order valence-electron chi connectivity index (χ4n) is 17.2. The summed E-state index contributed by atoms with van der Waals surface area (Å²) in [6.07, 6.45) is 13.7. The van der Waals surface area contributed by atoms with Crippen molar-refractivity contribution in [1.82, 2.24) is 0 Å². The summed E-state index contributed by atoms with van der Waals surface area (Å²) in [7, 11) is 0. The molecule has 8 heteroatoms. The van der Waals surface area contributed by atoms with Crippen LogP contribution in [0.4, 0.5) is 0 Å². The lowest BCUT2D eigenvalue weighted by Crippen LogP contribution is -2.46. The molecule has 1 heterocycles. The molecule has 53 heavy (non-hydrogen) atoms. The van der Waals surface area contributed by atoms with Crippen molar-refractivity contribution < 1.29 is 38.2 Å². The maximum atomic E-state index is 14.6. The van der Waals surface area contributed by atoms with Gasteiger partial charge in [-0.1, -0.05) is 20.3 Å². The highest BCUT2D eigenvalue weighted by Crippen LogP contribution is 2.73. The first kappa shape index (κ1) is 35.2. The standard InChI is InChI=1S/C45H62O8/c1-20(40(47)52-44(4)18-23-9-10-27(44)12-23)11-25(41(48)53-45(5)19-26-16-35(45)29-8-6-7-28(26)29)15-34-39(43(50)51-42(34)49)36-21(2)30-17-33(36)38-32-14-24(37(30)38)13-31(32)22(3)46/h20-21,23-39H,6-19H2,1-5H3. The highest BCUT2D eigenvalue weighted by Gasteiger charge is 2.70. The molecule has 10 aliphatic rings. The van der Waals surface area contributed by atoms with Gasteiger partial charge in [-0.3, -0.25) is 24.0 Å². The number of hydrogen-bond donors (Lipinski definition) is 0. The Kier molecular flexibility index (Phi) is 8.05. The molecule has 9 saturated carbocycles. The van der Waals surface area contributed by atoms with E-state index in [1.165, 1.54) is 25.7 Å². The lowest BCUT2D eigenvalue weighted by molar-refractivity contribution is -0.175. The van der Waals surface area contributed by atoms with E-state index in [0.29, 0.717) is 65.0 Å². The van der Waals surface area contributed by atoms with E-state index in [0.717, 1.165) is 57.3 Å². The summed E-state index contributed by atoms with van der Waals surface area (Å²) in [5.41, 5.74) is -0.997. The molecule has 9 aliphatic carbocycles. The minimum atomic E-state index is -0.745. The number of fused-ring (bicyclic) bond motifs is 16. The Morgan fingerprint density at radius 3 is 2.28 bits per heavy atom. The van der Waals surface area contributed by atoms with Crippen LogP contribution in [0, 0.1) is 112 Å². The van der Waals surface area contributed by atoms with Gasteiger partial charge in [-0.05, 0) is 181 Å². The van der Waals surface area contributed by atoms with Crippen LogP contribution in [0.15, 0.2) is 0 Å². The van der Waals surface area contributed by atoms with Crippen molar-refractivity contribution in [2.24, 2.45) is 112 Å². The van der Waals surface area contributed by atoms with Gasteiger partial charge in [-0.2, -0.15) is 0 Å². The summed E-state index contributed by atoms with van der Waals surface area (Å²) in [5.74, 6) is 2.66. The third-order valence-electron chi connectivity index (χ3n) is 19.0. The summed E-state index contributed by atoms with van der Waals surface area (Å²) < 4.78 is 18.5. The first-order valence-electron chi connectivity index (χ1n) is 22.0. The lowest BCUT2D eigenvalue weighted by atomic mass is 9.57. The van der Waals surface area contributed by atoms with E-state index >= 15 is 0 Å². The molecule has 8 nitrogen and oxygen atoms in total. The summed E-state index contributed by atoms with van der Waals surface area (Å²) in [4.78, 5) is 68.8. The van der Waals surface area contributed by atoms with Gasteiger partial charge in [0.15, 0.2) is 0 Å². The van der Waals surface area contributed by atoms with Gasteiger partial charge in [-0.25, -0.2) is 0 Å². The molecule has 0 aromatic heterocycles. The molecule has 0 aromatic rings. The van der Waals surface area contributed by atoms with E-state index < -0.39 is 46.8 Å². The van der Waals surface area contributed by atoms with Crippen molar-refractivity contribution in [2.45, 2.75) is 136 Å². The Morgan fingerprint density at radius 2 is 1.55 bits per heavy atom. The number of hydrogen-bond acceptors (Lipinski definition) is 8. The van der Waals surface area contributed by atoms with Gasteiger partial charge in [0.25, 0.3) is 0 Å². The molecule has 21 atom stereocenters. The SMILES string of the molecule is CC(=O)C1CC2CC1C1C3CC(C(C)C3C3C(=O)OC(=O)C3CC(CC(C)C(=O)OC3(C)CC4CCC3C4)C(=O)OC3(C)CC4CC3C3CCCC43)C21. The normalized spacial score (nSPS) is 53.3. The average molecular weight is 731 g/mol. The van der Waals surface area contributed by atoms with E-state index in [4.69, 9.17) is 14.2 Å². The average Bonchev–Trinajstić information content (AvgIpc) is 3.94. The van der Waals surface area contributed by atoms with Crippen molar-refractivity contribution in [3.05, 3.63) is 0 Å². The fraction of sp³-hybridized carbons (Fsp3) is 0.889. The van der Waals surface area contributed by atoms with Gasteiger partial charge in [0, 0.05) is 11.8 Å². The molecule has 1 saturated heterocycles. The molecule has 290 valence electrons. The maximum absolute atomic E-state index is 14.6. The fourth-order valence-corrected chi connectivity index (χ4v) is 17.2. The van der Waals surface area contributed by atoms with Crippen molar-refractivity contribution in [1.29, 1.82) is 0 Å². The molecule has 1 aliphatic heterocycles. The van der Waals surface area contributed by atoms with Crippen LogP contribution in [0.5, 0.6) is 0 Å². The number of Topliss-reactive ketones (excluding diaryl/α,β-unsaturated/α-hetero) is 1. The zero-order chi connectivity index (χ0) is 36.9. The molecule has 21 unspecified atom stereocenters. The van der Waals surface area contributed by atoms with Gasteiger partial charge >= 0.3 is 23.9 Å². The van der Waals surface area contributed by atoms with E-state index in [1.54, 1.807) is 6.92 Å². The summed E-state index contributed by atoms with van der Waals surface area (Å²) >= 11 is 0. The Hall–Kier alpha value is -2.25. The van der Waals surface area contributed by atoms with Crippen LogP contribution < -0.4 is 0 Å². The van der Waals surface area contributed by atoms with Crippen molar-refractivity contribution in [2.75, 3.05) is 0 Å². The molecule has 0 N–H and O–H groups in total. The van der Waals surface area contributed by atoms with E-state index in [2.05, 4.69) is 20.8 Å². The van der Waals surface area contributed by atoms with Crippen LogP contribution >= 0.6 is 0 Å². The van der Waals surface area contributed by atoms with Crippen LogP contribution in [0.1, 0.15) is 125 Å².